The number of nitrogens with zero attached hydrogens (tertiary/aromatic N) is 2. The van der Waals surface area contributed by atoms with Crippen molar-refractivity contribution in [2.45, 2.75) is 58.5 Å². The van der Waals surface area contributed by atoms with Gasteiger partial charge < -0.3 is 16.0 Å². The minimum Gasteiger partial charge on any atom is -0.352 e. The fraction of sp³-hybridized carbons (Fsp3) is 0.889. The number of hydrogen-bond acceptors (Lipinski definition) is 4. The molecule has 0 radical (unpaired) electrons. The first-order valence-corrected chi connectivity index (χ1v) is 9.43. The van der Waals surface area contributed by atoms with Crippen LogP contribution in [0.1, 0.15) is 46.5 Å². The van der Waals surface area contributed by atoms with Gasteiger partial charge in [-0.05, 0) is 37.5 Å². The smallest absolute Gasteiger partial charge is 0.239 e. The van der Waals surface area contributed by atoms with Crippen molar-refractivity contribution in [2.75, 3.05) is 32.7 Å². The summed E-state index contributed by atoms with van der Waals surface area (Å²) in [7, 11) is 0. The van der Waals surface area contributed by atoms with Crippen molar-refractivity contribution in [3.63, 3.8) is 0 Å². The van der Waals surface area contributed by atoms with Crippen LogP contribution in [0.15, 0.2) is 0 Å². The van der Waals surface area contributed by atoms with Crippen LogP contribution in [0, 0.1) is 11.8 Å². The average Bonchev–Trinajstić information content (AvgIpc) is 2.56. The van der Waals surface area contributed by atoms with Gasteiger partial charge in [0.05, 0.1) is 12.6 Å². The van der Waals surface area contributed by atoms with Gasteiger partial charge in [-0.3, -0.25) is 14.5 Å². The Hall–Kier alpha value is -0.850. The first kappa shape index (κ1) is 22.2. The van der Waals surface area contributed by atoms with E-state index in [1.54, 1.807) is 0 Å². The second-order valence-corrected chi connectivity index (χ2v) is 7.90. The van der Waals surface area contributed by atoms with E-state index in [2.05, 4.69) is 17.1 Å². The Labute approximate surface area is 158 Å². The molecule has 1 aliphatic heterocycles. The number of carbonyl (C=O) groups excluding carboxylic acids is 2. The van der Waals surface area contributed by atoms with Crippen LogP contribution >= 0.6 is 12.4 Å². The normalized spacial score (nSPS) is 26.0. The van der Waals surface area contributed by atoms with E-state index in [0.717, 1.165) is 31.8 Å². The number of carbonyl (C=O) groups is 2. The number of nitrogens with two attached hydrogens (primary N) is 1. The van der Waals surface area contributed by atoms with Crippen molar-refractivity contribution in [1.82, 2.24) is 15.1 Å². The van der Waals surface area contributed by atoms with Gasteiger partial charge in [0.2, 0.25) is 11.8 Å². The first-order chi connectivity index (χ1) is 11.4. The zero-order valence-electron chi connectivity index (χ0n) is 15.9. The number of rotatable bonds is 5. The lowest BCUT2D eigenvalue weighted by molar-refractivity contribution is -0.135. The highest BCUT2D eigenvalue weighted by Crippen LogP contribution is 2.23. The lowest BCUT2D eigenvalue weighted by atomic mass is 9.87. The molecular weight excluding hydrogens is 340 g/mol. The van der Waals surface area contributed by atoms with Gasteiger partial charge in [-0.25, -0.2) is 0 Å². The van der Waals surface area contributed by atoms with Crippen LogP contribution in [0.25, 0.3) is 0 Å². The Morgan fingerprint density at radius 3 is 2.16 bits per heavy atom. The molecule has 2 rings (SSSR count). The standard InChI is InChI=1S/C18H34N4O2.ClH/c1-13(2)17(19)18(24)22-10-8-21(9-11-22)12-16(23)20-15-6-4-14(3)5-7-15;/h13-15,17H,4-12,19H2,1-3H3,(H,20,23);1H/t14?,15?,17-;/m0./s1. The van der Waals surface area contributed by atoms with E-state index in [0.29, 0.717) is 25.7 Å². The minimum atomic E-state index is -0.423. The second kappa shape index (κ2) is 10.3. The van der Waals surface area contributed by atoms with Crippen molar-refractivity contribution >= 4 is 24.2 Å². The third-order valence-electron chi connectivity index (χ3n) is 5.44. The summed E-state index contributed by atoms with van der Waals surface area (Å²) in [5.74, 6) is 1.10. The van der Waals surface area contributed by atoms with E-state index in [1.807, 2.05) is 18.7 Å². The van der Waals surface area contributed by atoms with Crippen molar-refractivity contribution < 1.29 is 9.59 Å². The number of nitrogens with one attached hydrogen (secondary N) is 1. The largest absolute Gasteiger partial charge is 0.352 e. The summed E-state index contributed by atoms with van der Waals surface area (Å²) in [6.45, 7) is 9.46. The molecular formula is C18H35ClN4O2. The number of amides is 2. The van der Waals surface area contributed by atoms with Gasteiger partial charge in [-0.2, -0.15) is 0 Å². The predicted octanol–water partition coefficient (Wildman–Crippen LogP) is 1.23. The Kier molecular flexibility index (Phi) is 9.17. The van der Waals surface area contributed by atoms with Crippen molar-refractivity contribution in [1.29, 1.82) is 0 Å². The Morgan fingerprint density at radius 2 is 1.64 bits per heavy atom. The summed E-state index contributed by atoms with van der Waals surface area (Å²) in [5, 5.41) is 3.17. The zero-order valence-corrected chi connectivity index (χ0v) is 16.7. The summed E-state index contributed by atoms with van der Waals surface area (Å²) in [6, 6.07) is -0.0749. The molecule has 1 heterocycles. The third kappa shape index (κ3) is 6.76. The summed E-state index contributed by atoms with van der Waals surface area (Å²) < 4.78 is 0. The van der Waals surface area contributed by atoms with Crippen molar-refractivity contribution in [2.24, 2.45) is 17.6 Å². The van der Waals surface area contributed by atoms with Crippen LogP contribution in [0.2, 0.25) is 0 Å². The summed E-state index contributed by atoms with van der Waals surface area (Å²) in [4.78, 5) is 28.4. The highest BCUT2D eigenvalue weighted by Gasteiger charge is 2.28. The van der Waals surface area contributed by atoms with Crippen LogP contribution in [0.4, 0.5) is 0 Å². The van der Waals surface area contributed by atoms with E-state index in [4.69, 9.17) is 5.73 Å². The highest BCUT2D eigenvalue weighted by molar-refractivity contribution is 5.85. The number of hydrogen-bond donors (Lipinski definition) is 2. The molecule has 25 heavy (non-hydrogen) atoms. The molecule has 1 saturated heterocycles. The van der Waals surface area contributed by atoms with Crippen molar-refractivity contribution in [3.05, 3.63) is 0 Å². The number of piperazine rings is 1. The Balaban J connectivity index is 0.00000312. The molecule has 1 aliphatic carbocycles. The fourth-order valence-electron chi connectivity index (χ4n) is 3.50. The van der Waals surface area contributed by atoms with Crippen LogP contribution in [0.5, 0.6) is 0 Å². The monoisotopic (exact) mass is 374 g/mol. The minimum absolute atomic E-state index is 0. The molecule has 2 fully saturated rings. The van der Waals surface area contributed by atoms with Crippen LogP contribution in [0.3, 0.4) is 0 Å². The topological polar surface area (TPSA) is 78.7 Å². The molecule has 6 nitrogen and oxygen atoms in total. The second-order valence-electron chi connectivity index (χ2n) is 7.90. The molecule has 0 unspecified atom stereocenters. The lowest BCUT2D eigenvalue weighted by Gasteiger charge is -2.36. The highest BCUT2D eigenvalue weighted by atomic mass is 35.5. The zero-order chi connectivity index (χ0) is 17.7. The molecule has 2 amide bonds. The summed E-state index contributed by atoms with van der Waals surface area (Å²) in [6.07, 6.45) is 4.62. The van der Waals surface area contributed by atoms with Gasteiger partial charge in [0.15, 0.2) is 0 Å². The van der Waals surface area contributed by atoms with E-state index in [1.165, 1.54) is 12.8 Å². The number of halogens is 1. The molecule has 0 aromatic rings. The fourth-order valence-corrected chi connectivity index (χ4v) is 3.50. The predicted molar refractivity (Wildman–Crippen MR) is 103 cm³/mol. The van der Waals surface area contributed by atoms with Gasteiger partial charge in [0.1, 0.15) is 0 Å². The molecule has 0 bridgehead atoms. The molecule has 3 N–H and O–H groups in total. The molecule has 0 aromatic carbocycles. The van der Waals surface area contributed by atoms with Crippen LogP contribution in [-0.2, 0) is 9.59 Å². The molecule has 2 aliphatic rings. The average molecular weight is 375 g/mol. The molecule has 146 valence electrons. The van der Waals surface area contributed by atoms with Gasteiger partial charge in [-0.15, -0.1) is 12.4 Å². The van der Waals surface area contributed by atoms with Crippen LogP contribution < -0.4 is 11.1 Å². The van der Waals surface area contributed by atoms with Crippen LogP contribution in [-0.4, -0.2) is 66.4 Å². The van der Waals surface area contributed by atoms with Gasteiger partial charge >= 0.3 is 0 Å². The summed E-state index contributed by atoms with van der Waals surface area (Å²) >= 11 is 0. The lowest BCUT2D eigenvalue weighted by Crippen LogP contribution is -2.55. The third-order valence-corrected chi connectivity index (χ3v) is 5.44. The summed E-state index contributed by atoms with van der Waals surface area (Å²) in [5.41, 5.74) is 5.95. The first-order valence-electron chi connectivity index (χ1n) is 9.43. The molecule has 1 saturated carbocycles. The molecule has 0 aromatic heterocycles. The van der Waals surface area contributed by atoms with Gasteiger partial charge in [0.25, 0.3) is 0 Å². The maximum absolute atomic E-state index is 12.3. The van der Waals surface area contributed by atoms with E-state index in [-0.39, 0.29) is 30.1 Å². The molecule has 7 heteroatoms. The van der Waals surface area contributed by atoms with Gasteiger partial charge in [0, 0.05) is 32.2 Å². The van der Waals surface area contributed by atoms with Crippen molar-refractivity contribution in [3.8, 4) is 0 Å². The quantitative estimate of drug-likeness (QED) is 0.758. The van der Waals surface area contributed by atoms with E-state index >= 15 is 0 Å². The van der Waals surface area contributed by atoms with E-state index < -0.39 is 6.04 Å². The molecule has 0 spiro atoms. The maximum atomic E-state index is 12.3. The maximum Gasteiger partial charge on any atom is 0.239 e. The Bertz CT molecular complexity index is 431. The van der Waals surface area contributed by atoms with Gasteiger partial charge in [-0.1, -0.05) is 20.8 Å². The molecule has 1 atom stereocenters. The Morgan fingerprint density at radius 1 is 1.08 bits per heavy atom. The SMILES string of the molecule is CC1CCC(NC(=O)CN2CCN(C(=O)[C@@H](N)C(C)C)CC2)CC1.Cl. The van der Waals surface area contributed by atoms with E-state index in [9.17, 15) is 9.59 Å².